The van der Waals surface area contributed by atoms with Crippen LogP contribution < -0.4 is 5.73 Å². The second kappa shape index (κ2) is 5.76. The molecule has 0 unspecified atom stereocenters. The Bertz CT molecular complexity index is 556. The van der Waals surface area contributed by atoms with Crippen molar-refractivity contribution in [3.8, 4) is 0 Å². The summed E-state index contributed by atoms with van der Waals surface area (Å²) >= 11 is 3.24. The highest BCUT2D eigenvalue weighted by Crippen LogP contribution is 2.30. The van der Waals surface area contributed by atoms with E-state index in [2.05, 4.69) is 20.9 Å². The number of nitrogens with two attached hydrogens (primary N) is 1. The van der Waals surface area contributed by atoms with Gasteiger partial charge in [0.05, 0.1) is 0 Å². The van der Waals surface area contributed by atoms with Gasteiger partial charge >= 0.3 is 0 Å². The van der Waals surface area contributed by atoms with Crippen LogP contribution in [0, 0.1) is 0 Å². The number of halogens is 1. The molecule has 0 spiro atoms. The highest BCUT2D eigenvalue weighted by Gasteiger charge is 2.33. The van der Waals surface area contributed by atoms with Gasteiger partial charge in [-0.1, -0.05) is 19.8 Å². The Morgan fingerprint density at radius 3 is 2.68 bits per heavy atom. The summed E-state index contributed by atoms with van der Waals surface area (Å²) in [5.41, 5.74) is 5.73. The van der Waals surface area contributed by atoms with Crippen molar-refractivity contribution in [2.75, 3.05) is 12.3 Å². The minimum atomic E-state index is -3.57. The maximum absolute atomic E-state index is 12.7. The van der Waals surface area contributed by atoms with Crippen LogP contribution in [-0.4, -0.2) is 30.3 Å². The maximum Gasteiger partial charge on any atom is 0.247 e. The van der Waals surface area contributed by atoms with E-state index in [1.807, 2.05) is 6.92 Å². The van der Waals surface area contributed by atoms with Gasteiger partial charge in [-0.05, 0) is 34.8 Å². The first-order valence-electron chi connectivity index (χ1n) is 6.39. The Balaban J connectivity index is 2.42. The number of aromatic nitrogens is 1. The Kier molecular flexibility index (Phi) is 4.47. The van der Waals surface area contributed by atoms with Crippen LogP contribution in [-0.2, 0) is 10.0 Å². The topological polar surface area (TPSA) is 76.3 Å². The Hall–Kier alpha value is -0.660. The number of rotatable bonds is 4. The van der Waals surface area contributed by atoms with Crippen LogP contribution in [0.1, 0.15) is 32.6 Å². The van der Waals surface area contributed by atoms with Gasteiger partial charge in [-0.25, -0.2) is 13.4 Å². The van der Waals surface area contributed by atoms with Crippen molar-refractivity contribution < 1.29 is 8.42 Å². The molecule has 2 rings (SSSR count). The zero-order valence-electron chi connectivity index (χ0n) is 10.8. The normalized spacial score (nSPS) is 17.2. The molecule has 1 aromatic heterocycles. The lowest BCUT2D eigenvalue weighted by Gasteiger charge is -2.27. The lowest BCUT2D eigenvalue weighted by Crippen LogP contribution is -2.39. The van der Waals surface area contributed by atoms with Gasteiger partial charge in [-0.15, -0.1) is 0 Å². The fraction of sp³-hybridized carbons (Fsp3) is 0.583. The summed E-state index contributed by atoms with van der Waals surface area (Å²) < 4.78 is 27.6. The first-order chi connectivity index (χ1) is 8.96. The molecule has 5 nitrogen and oxygen atoms in total. The van der Waals surface area contributed by atoms with Gasteiger partial charge in [-0.2, -0.15) is 4.31 Å². The molecular weight excluding hydrogens is 330 g/mol. The Morgan fingerprint density at radius 2 is 2.11 bits per heavy atom. The third kappa shape index (κ3) is 2.93. The van der Waals surface area contributed by atoms with Crippen LogP contribution in [0.15, 0.2) is 21.6 Å². The molecule has 106 valence electrons. The van der Waals surface area contributed by atoms with E-state index in [4.69, 9.17) is 5.73 Å². The molecular formula is C12H18BrN3O2S. The second-order valence-electron chi connectivity index (χ2n) is 4.68. The fourth-order valence-corrected chi connectivity index (χ4v) is 4.85. The number of nitrogens with zero attached hydrogens (tertiary/aromatic N) is 2. The van der Waals surface area contributed by atoms with E-state index in [1.54, 1.807) is 4.31 Å². The number of hydrogen-bond acceptors (Lipinski definition) is 4. The zero-order chi connectivity index (χ0) is 14.0. The molecule has 1 saturated carbocycles. The SMILES string of the molecule is CCN(C1CCCC1)S(=O)(=O)c1cc(Br)cnc1N. The van der Waals surface area contributed by atoms with Crippen molar-refractivity contribution in [2.24, 2.45) is 0 Å². The van der Waals surface area contributed by atoms with Gasteiger partial charge in [0, 0.05) is 23.3 Å². The zero-order valence-corrected chi connectivity index (χ0v) is 13.2. The molecule has 0 radical (unpaired) electrons. The highest BCUT2D eigenvalue weighted by molar-refractivity contribution is 9.10. The van der Waals surface area contributed by atoms with E-state index in [1.165, 1.54) is 12.3 Å². The van der Waals surface area contributed by atoms with Crippen molar-refractivity contribution >= 4 is 31.8 Å². The van der Waals surface area contributed by atoms with Crippen molar-refractivity contribution in [3.05, 3.63) is 16.7 Å². The van der Waals surface area contributed by atoms with Crippen LogP contribution in [0.2, 0.25) is 0 Å². The third-order valence-corrected chi connectivity index (χ3v) is 5.97. The van der Waals surface area contributed by atoms with Gasteiger partial charge in [0.25, 0.3) is 0 Å². The van der Waals surface area contributed by atoms with Crippen LogP contribution in [0.25, 0.3) is 0 Å². The summed E-state index contributed by atoms with van der Waals surface area (Å²) in [6.45, 7) is 2.32. The molecule has 0 atom stereocenters. The predicted octanol–water partition coefficient (Wildman–Crippen LogP) is 2.38. The highest BCUT2D eigenvalue weighted by atomic mass is 79.9. The first-order valence-corrected chi connectivity index (χ1v) is 8.63. The maximum atomic E-state index is 12.7. The summed E-state index contributed by atoms with van der Waals surface area (Å²) in [7, 11) is -3.57. The third-order valence-electron chi connectivity index (χ3n) is 3.48. The average Bonchev–Trinajstić information content (AvgIpc) is 2.86. The molecule has 2 N–H and O–H groups in total. The van der Waals surface area contributed by atoms with Crippen LogP contribution in [0.3, 0.4) is 0 Å². The van der Waals surface area contributed by atoms with Crippen molar-refractivity contribution in [1.29, 1.82) is 0 Å². The molecule has 1 aromatic rings. The molecule has 7 heteroatoms. The van der Waals surface area contributed by atoms with Gasteiger partial charge < -0.3 is 5.73 Å². The predicted molar refractivity (Wildman–Crippen MR) is 78.2 cm³/mol. The molecule has 1 heterocycles. The fourth-order valence-electron chi connectivity index (χ4n) is 2.58. The molecule has 1 fully saturated rings. The van der Waals surface area contributed by atoms with E-state index in [9.17, 15) is 8.42 Å². The van der Waals surface area contributed by atoms with Crippen LogP contribution in [0.4, 0.5) is 5.82 Å². The van der Waals surface area contributed by atoms with Gasteiger partial charge in [0.1, 0.15) is 10.7 Å². The lowest BCUT2D eigenvalue weighted by molar-refractivity contribution is 0.335. The quantitative estimate of drug-likeness (QED) is 0.906. The molecule has 1 aliphatic carbocycles. The minimum absolute atomic E-state index is 0.0552. The monoisotopic (exact) mass is 347 g/mol. The van der Waals surface area contributed by atoms with E-state index in [-0.39, 0.29) is 16.8 Å². The molecule has 1 aliphatic rings. The van der Waals surface area contributed by atoms with Gasteiger partial charge in [0.2, 0.25) is 10.0 Å². The number of sulfonamides is 1. The standard InChI is InChI=1S/C12H18BrN3O2S/c1-2-16(10-5-3-4-6-10)19(17,18)11-7-9(13)8-15-12(11)14/h7-8,10H,2-6H2,1H3,(H2,14,15). The largest absolute Gasteiger partial charge is 0.383 e. The average molecular weight is 348 g/mol. The molecule has 0 aromatic carbocycles. The lowest BCUT2D eigenvalue weighted by atomic mass is 10.2. The number of pyridine rings is 1. The van der Waals surface area contributed by atoms with Crippen molar-refractivity contribution in [3.63, 3.8) is 0 Å². The summed E-state index contributed by atoms with van der Waals surface area (Å²) in [4.78, 5) is 4.01. The number of anilines is 1. The second-order valence-corrected chi connectivity index (χ2v) is 7.46. The summed E-state index contributed by atoms with van der Waals surface area (Å²) in [6, 6.07) is 1.61. The van der Waals surface area contributed by atoms with E-state index >= 15 is 0 Å². The Morgan fingerprint density at radius 1 is 1.47 bits per heavy atom. The summed E-state index contributed by atoms with van der Waals surface area (Å²) in [5, 5.41) is 0. The molecule has 0 saturated heterocycles. The van der Waals surface area contributed by atoms with Crippen molar-refractivity contribution in [2.45, 2.75) is 43.5 Å². The van der Waals surface area contributed by atoms with Gasteiger partial charge in [0.15, 0.2) is 0 Å². The van der Waals surface area contributed by atoms with Crippen LogP contribution in [0.5, 0.6) is 0 Å². The van der Waals surface area contributed by atoms with Crippen LogP contribution >= 0.6 is 15.9 Å². The summed E-state index contributed by atoms with van der Waals surface area (Å²) in [6.07, 6.45) is 5.52. The Labute approximate surface area is 122 Å². The molecule has 0 amide bonds. The van der Waals surface area contributed by atoms with Gasteiger partial charge in [-0.3, -0.25) is 0 Å². The number of hydrogen-bond donors (Lipinski definition) is 1. The minimum Gasteiger partial charge on any atom is -0.383 e. The van der Waals surface area contributed by atoms with E-state index in [0.717, 1.165) is 25.7 Å². The van der Waals surface area contributed by atoms with E-state index < -0.39 is 10.0 Å². The van der Waals surface area contributed by atoms with Crippen molar-refractivity contribution in [1.82, 2.24) is 9.29 Å². The smallest absolute Gasteiger partial charge is 0.247 e. The van der Waals surface area contributed by atoms with E-state index in [0.29, 0.717) is 11.0 Å². The first kappa shape index (κ1) is 14.7. The molecule has 0 bridgehead atoms. The number of nitrogen functional groups attached to an aromatic ring is 1. The molecule has 0 aliphatic heterocycles. The summed E-state index contributed by atoms with van der Waals surface area (Å²) in [5.74, 6) is 0.0552. The molecule has 19 heavy (non-hydrogen) atoms.